The molecular weight excluding hydrogens is 290 g/mol. The van der Waals surface area contributed by atoms with Crippen molar-refractivity contribution in [1.29, 1.82) is 0 Å². The number of fused-ring (bicyclic) bond motifs is 1. The summed E-state index contributed by atoms with van der Waals surface area (Å²) in [5.74, 6) is 0. The molecule has 108 valence electrons. The quantitative estimate of drug-likeness (QED) is 0.670. The van der Waals surface area contributed by atoms with Crippen LogP contribution in [0, 0.1) is 10.1 Å². The van der Waals surface area contributed by atoms with E-state index in [-0.39, 0.29) is 5.69 Å². The van der Waals surface area contributed by atoms with Crippen LogP contribution in [0.15, 0.2) is 36.4 Å². The van der Waals surface area contributed by atoms with Crippen LogP contribution < -0.4 is 10.6 Å². The van der Waals surface area contributed by atoms with Crippen LogP contribution in [0.25, 0.3) is 0 Å². The van der Waals surface area contributed by atoms with E-state index in [1.807, 2.05) is 6.07 Å². The minimum Gasteiger partial charge on any atom is -0.374 e. The second-order valence-electron chi connectivity index (χ2n) is 4.95. The molecule has 0 radical (unpaired) electrons. The van der Waals surface area contributed by atoms with Crippen molar-refractivity contribution in [2.45, 2.75) is 19.6 Å². The number of hydrogen-bond acceptors (Lipinski definition) is 4. The molecule has 21 heavy (non-hydrogen) atoms. The van der Waals surface area contributed by atoms with E-state index in [1.165, 1.54) is 17.2 Å². The average molecular weight is 304 g/mol. The Balaban J connectivity index is 1.80. The fraction of sp³-hybridized carbons (Fsp3) is 0.200. The predicted octanol–water partition coefficient (Wildman–Crippen LogP) is 3.46. The summed E-state index contributed by atoms with van der Waals surface area (Å²) in [6.45, 7) is 2.27. The van der Waals surface area contributed by atoms with E-state index >= 15 is 0 Å². The zero-order chi connectivity index (χ0) is 14.8. The first kappa shape index (κ1) is 13.9. The topological polar surface area (TPSA) is 67.2 Å². The van der Waals surface area contributed by atoms with Gasteiger partial charge in [0.1, 0.15) is 5.69 Å². The number of benzene rings is 2. The lowest BCUT2D eigenvalue weighted by Gasteiger charge is -2.10. The van der Waals surface area contributed by atoms with Crippen LogP contribution >= 0.6 is 11.6 Å². The molecule has 0 aliphatic carbocycles. The Morgan fingerprint density at radius 3 is 2.86 bits per heavy atom. The third kappa shape index (κ3) is 2.84. The molecule has 2 aromatic rings. The Bertz CT molecular complexity index is 703. The van der Waals surface area contributed by atoms with Gasteiger partial charge in [-0.05, 0) is 22.8 Å². The molecule has 0 unspecified atom stereocenters. The molecule has 2 N–H and O–H groups in total. The zero-order valence-electron chi connectivity index (χ0n) is 11.2. The first-order valence-electron chi connectivity index (χ1n) is 6.63. The maximum atomic E-state index is 11.0. The number of para-hydroxylation sites is 1. The van der Waals surface area contributed by atoms with E-state index < -0.39 is 4.92 Å². The summed E-state index contributed by atoms with van der Waals surface area (Å²) in [6, 6.07) is 10.9. The molecule has 0 saturated heterocycles. The Kier molecular flexibility index (Phi) is 3.77. The van der Waals surface area contributed by atoms with Gasteiger partial charge in [0, 0.05) is 25.7 Å². The van der Waals surface area contributed by atoms with Crippen LogP contribution in [0.4, 0.5) is 11.4 Å². The third-order valence-corrected chi connectivity index (χ3v) is 3.87. The Morgan fingerprint density at radius 1 is 1.24 bits per heavy atom. The summed E-state index contributed by atoms with van der Waals surface area (Å²) >= 11 is 6.06. The highest BCUT2D eigenvalue weighted by Crippen LogP contribution is 2.32. The number of halogens is 1. The predicted molar refractivity (Wildman–Crippen MR) is 82.4 cm³/mol. The van der Waals surface area contributed by atoms with E-state index in [0.29, 0.717) is 17.3 Å². The molecule has 5 nitrogen and oxygen atoms in total. The normalized spacial score (nSPS) is 13.0. The van der Waals surface area contributed by atoms with Gasteiger partial charge in [-0.1, -0.05) is 35.9 Å². The smallest absolute Gasteiger partial charge is 0.293 e. The SMILES string of the molecule is O=[N+]([O-])c1cccc(Cl)c1NCc1ccc2c(c1)CNC2. The summed E-state index contributed by atoms with van der Waals surface area (Å²) in [7, 11) is 0. The van der Waals surface area contributed by atoms with Gasteiger partial charge in [-0.25, -0.2) is 0 Å². The molecule has 0 saturated carbocycles. The number of nitrogens with zero attached hydrogens (tertiary/aromatic N) is 1. The number of nitro benzene ring substituents is 1. The van der Waals surface area contributed by atoms with Crippen molar-refractivity contribution in [2.75, 3.05) is 5.32 Å². The van der Waals surface area contributed by atoms with Crippen molar-refractivity contribution < 1.29 is 4.92 Å². The molecule has 0 aromatic heterocycles. The minimum atomic E-state index is -0.430. The highest BCUT2D eigenvalue weighted by Gasteiger charge is 2.16. The van der Waals surface area contributed by atoms with E-state index in [1.54, 1.807) is 12.1 Å². The van der Waals surface area contributed by atoms with Gasteiger partial charge < -0.3 is 10.6 Å². The van der Waals surface area contributed by atoms with Gasteiger partial charge in [0.15, 0.2) is 0 Å². The molecule has 0 spiro atoms. The van der Waals surface area contributed by atoms with Gasteiger partial charge in [-0.15, -0.1) is 0 Å². The Morgan fingerprint density at radius 2 is 2.05 bits per heavy atom. The van der Waals surface area contributed by atoms with Crippen LogP contribution in [0.3, 0.4) is 0 Å². The van der Waals surface area contributed by atoms with Crippen LogP contribution in [0.5, 0.6) is 0 Å². The standard InChI is InChI=1S/C15H14ClN3O2/c16-13-2-1-3-14(19(20)21)15(13)18-7-10-4-5-11-8-17-9-12(11)6-10/h1-6,17-18H,7-9H2. The molecule has 6 heteroatoms. The maximum Gasteiger partial charge on any atom is 0.293 e. The van der Waals surface area contributed by atoms with Crippen molar-refractivity contribution in [3.05, 3.63) is 68.2 Å². The number of nitrogens with one attached hydrogen (secondary N) is 2. The summed E-state index contributed by atoms with van der Waals surface area (Å²) in [5.41, 5.74) is 4.02. The molecule has 0 amide bonds. The molecule has 0 atom stereocenters. The maximum absolute atomic E-state index is 11.0. The van der Waals surface area contributed by atoms with Gasteiger partial charge in [0.2, 0.25) is 0 Å². The number of hydrogen-bond donors (Lipinski definition) is 2. The van der Waals surface area contributed by atoms with Gasteiger partial charge in [0.05, 0.1) is 9.95 Å². The Hall–Kier alpha value is -2.11. The van der Waals surface area contributed by atoms with Gasteiger partial charge in [0.25, 0.3) is 5.69 Å². The van der Waals surface area contributed by atoms with E-state index in [9.17, 15) is 10.1 Å². The fourth-order valence-electron chi connectivity index (χ4n) is 2.49. The molecule has 2 aromatic carbocycles. The lowest BCUT2D eigenvalue weighted by atomic mass is 10.1. The van der Waals surface area contributed by atoms with Gasteiger partial charge >= 0.3 is 0 Å². The first-order chi connectivity index (χ1) is 10.1. The number of anilines is 1. The van der Waals surface area contributed by atoms with Crippen LogP contribution in [-0.2, 0) is 19.6 Å². The highest BCUT2D eigenvalue weighted by atomic mass is 35.5. The number of nitro groups is 1. The number of rotatable bonds is 4. The second-order valence-corrected chi connectivity index (χ2v) is 5.36. The fourth-order valence-corrected chi connectivity index (χ4v) is 2.72. The third-order valence-electron chi connectivity index (χ3n) is 3.56. The molecule has 1 aliphatic heterocycles. The van der Waals surface area contributed by atoms with Gasteiger partial charge in [-0.2, -0.15) is 0 Å². The van der Waals surface area contributed by atoms with Crippen molar-refractivity contribution in [1.82, 2.24) is 5.32 Å². The second kappa shape index (κ2) is 5.71. The molecule has 1 aliphatic rings. The zero-order valence-corrected chi connectivity index (χ0v) is 12.0. The highest BCUT2D eigenvalue weighted by molar-refractivity contribution is 6.33. The van der Waals surface area contributed by atoms with Gasteiger partial charge in [-0.3, -0.25) is 10.1 Å². The van der Waals surface area contributed by atoms with Crippen molar-refractivity contribution >= 4 is 23.0 Å². The minimum absolute atomic E-state index is 0.00896. The lowest BCUT2D eigenvalue weighted by Crippen LogP contribution is -2.04. The molecule has 0 fully saturated rings. The molecule has 0 bridgehead atoms. The summed E-state index contributed by atoms with van der Waals surface area (Å²) in [4.78, 5) is 10.6. The van der Waals surface area contributed by atoms with Crippen LogP contribution in [0.1, 0.15) is 16.7 Å². The van der Waals surface area contributed by atoms with Crippen LogP contribution in [0.2, 0.25) is 5.02 Å². The summed E-state index contributed by atoms with van der Waals surface area (Å²) < 4.78 is 0. The average Bonchev–Trinajstić information content (AvgIpc) is 2.93. The molecule has 1 heterocycles. The largest absolute Gasteiger partial charge is 0.374 e. The lowest BCUT2D eigenvalue weighted by molar-refractivity contribution is -0.383. The van der Waals surface area contributed by atoms with E-state index in [4.69, 9.17) is 11.6 Å². The summed E-state index contributed by atoms with van der Waals surface area (Å²) in [5, 5.41) is 17.8. The van der Waals surface area contributed by atoms with E-state index in [0.717, 1.165) is 18.7 Å². The molecule has 3 rings (SSSR count). The van der Waals surface area contributed by atoms with Crippen molar-refractivity contribution in [3.63, 3.8) is 0 Å². The first-order valence-corrected chi connectivity index (χ1v) is 7.01. The Labute approximate surface area is 127 Å². The molecular formula is C15H14ClN3O2. The van der Waals surface area contributed by atoms with Crippen molar-refractivity contribution in [2.24, 2.45) is 0 Å². The van der Waals surface area contributed by atoms with Crippen molar-refractivity contribution in [3.8, 4) is 0 Å². The monoisotopic (exact) mass is 303 g/mol. The van der Waals surface area contributed by atoms with E-state index in [2.05, 4.69) is 22.8 Å². The summed E-state index contributed by atoms with van der Waals surface area (Å²) in [6.07, 6.45) is 0. The van der Waals surface area contributed by atoms with Crippen LogP contribution in [-0.4, -0.2) is 4.92 Å².